The molecule has 0 aliphatic rings. The van der Waals surface area contributed by atoms with Crippen molar-refractivity contribution in [3.05, 3.63) is 107 Å². The lowest BCUT2D eigenvalue weighted by molar-refractivity contribution is -0.122. The van der Waals surface area contributed by atoms with E-state index in [0.717, 1.165) is 24.0 Å². The van der Waals surface area contributed by atoms with Crippen LogP contribution in [0.3, 0.4) is 0 Å². The average molecular weight is 401 g/mol. The predicted octanol–water partition coefficient (Wildman–Crippen LogP) is 3.95. The molecule has 2 amide bonds. The van der Waals surface area contributed by atoms with Gasteiger partial charge in [-0.2, -0.15) is 0 Å². The van der Waals surface area contributed by atoms with Crippen LogP contribution in [0.2, 0.25) is 0 Å². The number of aryl methyl sites for hydroxylation is 1. The molecule has 2 N–H and O–H groups in total. The summed E-state index contributed by atoms with van der Waals surface area (Å²) in [6, 6.07) is 26.6. The number of rotatable bonds is 9. The van der Waals surface area contributed by atoms with Crippen LogP contribution in [0.15, 0.2) is 84.9 Å². The molecule has 1 atom stereocenters. The summed E-state index contributed by atoms with van der Waals surface area (Å²) < 4.78 is 0. The molecule has 0 radical (unpaired) electrons. The van der Waals surface area contributed by atoms with Crippen LogP contribution in [0.5, 0.6) is 0 Å². The van der Waals surface area contributed by atoms with Gasteiger partial charge < -0.3 is 10.6 Å². The van der Waals surface area contributed by atoms with E-state index in [1.165, 1.54) is 5.56 Å². The second-order valence-electron chi connectivity index (χ2n) is 7.29. The molecule has 0 bridgehead atoms. The number of hydrogen-bond acceptors (Lipinski definition) is 2. The van der Waals surface area contributed by atoms with E-state index in [2.05, 4.69) is 17.6 Å². The number of amides is 2. The minimum atomic E-state index is -0.637. The molecule has 0 saturated carbocycles. The zero-order valence-electron chi connectivity index (χ0n) is 17.3. The van der Waals surface area contributed by atoms with E-state index in [9.17, 15) is 9.59 Å². The first kappa shape index (κ1) is 21.3. The summed E-state index contributed by atoms with van der Waals surface area (Å²) >= 11 is 0. The molecule has 0 saturated heterocycles. The molecule has 0 spiro atoms. The van der Waals surface area contributed by atoms with Crippen molar-refractivity contribution in [3.63, 3.8) is 0 Å². The van der Waals surface area contributed by atoms with Crippen LogP contribution >= 0.6 is 0 Å². The second kappa shape index (κ2) is 11.0. The largest absolute Gasteiger partial charge is 0.354 e. The highest BCUT2D eigenvalue weighted by Crippen LogP contribution is 2.08. The Balaban J connectivity index is 1.65. The first-order valence-electron chi connectivity index (χ1n) is 10.4. The van der Waals surface area contributed by atoms with Gasteiger partial charge in [-0.25, -0.2) is 0 Å². The molecule has 4 heteroatoms. The van der Waals surface area contributed by atoms with Crippen molar-refractivity contribution in [3.8, 4) is 0 Å². The number of benzene rings is 3. The Kier molecular flexibility index (Phi) is 7.78. The molecule has 0 aliphatic carbocycles. The number of carbonyl (C=O) groups is 2. The molecule has 3 aromatic rings. The van der Waals surface area contributed by atoms with Gasteiger partial charge in [0.1, 0.15) is 6.04 Å². The lowest BCUT2D eigenvalue weighted by Gasteiger charge is -2.19. The van der Waals surface area contributed by atoms with Gasteiger partial charge in [-0.05, 0) is 41.7 Å². The number of nitrogens with one attached hydrogen (secondary N) is 2. The van der Waals surface area contributed by atoms with Gasteiger partial charge in [0.2, 0.25) is 5.91 Å². The van der Waals surface area contributed by atoms with Crippen molar-refractivity contribution < 1.29 is 9.59 Å². The molecule has 0 fully saturated rings. The first-order valence-corrected chi connectivity index (χ1v) is 10.4. The molecule has 0 aromatic heterocycles. The Morgan fingerprint density at radius 3 is 1.97 bits per heavy atom. The molecular weight excluding hydrogens is 372 g/mol. The summed E-state index contributed by atoms with van der Waals surface area (Å²) in [6.45, 7) is 2.60. The fraction of sp³-hybridized carbons (Fsp3) is 0.231. The monoisotopic (exact) mass is 400 g/mol. The molecule has 4 nitrogen and oxygen atoms in total. The van der Waals surface area contributed by atoms with E-state index in [0.29, 0.717) is 18.5 Å². The molecule has 1 unspecified atom stereocenters. The lowest BCUT2D eigenvalue weighted by Crippen LogP contribution is -2.48. The third kappa shape index (κ3) is 6.31. The van der Waals surface area contributed by atoms with Crippen molar-refractivity contribution in [1.82, 2.24) is 10.6 Å². The number of carbonyl (C=O) groups excluding carboxylic acids is 2. The van der Waals surface area contributed by atoms with Gasteiger partial charge in [-0.3, -0.25) is 9.59 Å². The van der Waals surface area contributed by atoms with Gasteiger partial charge in [0.25, 0.3) is 5.91 Å². The van der Waals surface area contributed by atoms with Crippen molar-refractivity contribution in [1.29, 1.82) is 0 Å². The third-order valence-electron chi connectivity index (χ3n) is 5.08. The smallest absolute Gasteiger partial charge is 0.251 e. The fourth-order valence-electron chi connectivity index (χ4n) is 3.29. The van der Waals surface area contributed by atoms with Gasteiger partial charge in [0.05, 0.1) is 0 Å². The van der Waals surface area contributed by atoms with E-state index >= 15 is 0 Å². The highest BCUT2D eigenvalue weighted by Gasteiger charge is 2.21. The molecule has 154 valence electrons. The summed E-state index contributed by atoms with van der Waals surface area (Å²) in [5.74, 6) is -0.412. The van der Waals surface area contributed by atoms with Crippen LogP contribution in [-0.2, 0) is 24.1 Å². The Morgan fingerprint density at radius 1 is 0.767 bits per heavy atom. The molecule has 3 aromatic carbocycles. The van der Waals surface area contributed by atoms with Gasteiger partial charge >= 0.3 is 0 Å². The van der Waals surface area contributed by atoms with Crippen LogP contribution in [0.4, 0.5) is 0 Å². The van der Waals surface area contributed by atoms with Gasteiger partial charge in [-0.15, -0.1) is 0 Å². The molecule has 0 heterocycles. The first-order chi connectivity index (χ1) is 14.7. The van der Waals surface area contributed by atoms with E-state index in [1.54, 1.807) is 12.1 Å². The van der Waals surface area contributed by atoms with Crippen LogP contribution in [0.25, 0.3) is 0 Å². The number of hydrogen-bond donors (Lipinski definition) is 2. The van der Waals surface area contributed by atoms with Crippen molar-refractivity contribution in [2.24, 2.45) is 0 Å². The zero-order chi connectivity index (χ0) is 21.2. The molecular formula is C26H28N2O2. The molecule has 0 aliphatic heterocycles. The summed E-state index contributed by atoms with van der Waals surface area (Å²) in [4.78, 5) is 25.6. The Labute approximate surface area is 178 Å². The highest BCUT2D eigenvalue weighted by atomic mass is 16.2. The van der Waals surface area contributed by atoms with Crippen molar-refractivity contribution in [2.75, 3.05) is 6.54 Å². The third-order valence-corrected chi connectivity index (χ3v) is 5.08. The zero-order valence-corrected chi connectivity index (χ0v) is 17.3. The highest BCUT2D eigenvalue weighted by molar-refractivity contribution is 5.97. The maximum absolute atomic E-state index is 12.9. The topological polar surface area (TPSA) is 58.2 Å². The van der Waals surface area contributed by atoms with Crippen LogP contribution in [0, 0.1) is 0 Å². The van der Waals surface area contributed by atoms with Crippen molar-refractivity contribution in [2.45, 2.75) is 32.2 Å². The Hall–Kier alpha value is -3.40. The summed E-state index contributed by atoms with van der Waals surface area (Å²) in [7, 11) is 0. The SMILES string of the molecule is CCc1ccc(C(=O)NC(Cc2ccccc2)C(=O)NCCc2ccccc2)cc1. The van der Waals surface area contributed by atoms with Crippen LogP contribution in [0.1, 0.15) is 34.0 Å². The minimum Gasteiger partial charge on any atom is -0.354 e. The summed E-state index contributed by atoms with van der Waals surface area (Å²) in [5, 5.41) is 5.89. The van der Waals surface area contributed by atoms with E-state index < -0.39 is 6.04 Å². The summed E-state index contributed by atoms with van der Waals surface area (Å²) in [6.07, 6.45) is 2.11. The molecule has 3 rings (SSSR count). The fourth-order valence-corrected chi connectivity index (χ4v) is 3.29. The molecule has 30 heavy (non-hydrogen) atoms. The Morgan fingerprint density at radius 2 is 1.37 bits per heavy atom. The normalized spacial score (nSPS) is 11.5. The maximum Gasteiger partial charge on any atom is 0.251 e. The Bertz CT molecular complexity index is 938. The minimum absolute atomic E-state index is 0.173. The maximum atomic E-state index is 12.9. The quantitative estimate of drug-likeness (QED) is 0.571. The predicted molar refractivity (Wildman–Crippen MR) is 120 cm³/mol. The van der Waals surface area contributed by atoms with Crippen LogP contribution < -0.4 is 10.6 Å². The summed E-state index contributed by atoms with van der Waals surface area (Å²) in [5.41, 5.74) is 3.90. The van der Waals surface area contributed by atoms with E-state index in [1.807, 2.05) is 72.8 Å². The van der Waals surface area contributed by atoms with Crippen molar-refractivity contribution >= 4 is 11.8 Å². The van der Waals surface area contributed by atoms with Gasteiger partial charge in [-0.1, -0.05) is 79.7 Å². The lowest BCUT2D eigenvalue weighted by atomic mass is 10.0. The second-order valence-corrected chi connectivity index (χ2v) is 7.29. The van der Waals surface area contributed by atoms with E-state index in [-0.39, 0.29) is 11.8 Å². The van der Waals surface area contributed by atoms with E-state index in [4.69, 9.17) is 0 Å². The standard InChI is InChI=1S/C26H28N2O2/c1-2-20-13-15-23(16-14-20)25(29)28-24(19-22-11-7-4-8-12-22)26(30)27-18-17-21-9-5-3-6-10-21/h3-16,24H,2,17-19H2,1H3,(H,27,30)(H,28,29). The van der Waals surface area contributed by atoms with Gasteiger partial charge in [0, 0.05) is 18.5 Å². The van der Waals surface area contributed by atoms with Crippen LogP contribution in [-0.4, -0.2) is 24.4 Å². The average Bonchev–Trinajstić information content (AvgIpc) is 2.80. The van der Waals surface area contributed by atoms with Gasteiger partial charge in [0.15, 0.2) is 0 Å².